The van der Waals surface area contributed by atoms with E-state index in [4.69, 9.17) is 25.8 Å². The molecule has 1 aromatic heterocycles. The van der Waals surface area contributed by atoms with Crippen LogP contribution in [0.5, 0.6) is 11.5 Å². The number of rotatable bonds is 9. The van der Waals surface area contributed by atoms with Gasteiger partial charge in [-0.15, -0.1) is 0 Å². The number of likely N-dealkylation sites (tertiary alicyclic amines) is 1. The Hall–Kier alpha value is -3.21. The van der Waals surface area contributed by atoms with Gasteiger partial charge in [0.1, 0.15) is 31.0 Å². The van der Waals surface area contributed by atoms with Crippen LogP contribution in [-0.2, 0) is 9.53 Å². The predicted octanol–water partition coefficient (Wildman–Crippen LogP) is 3.94. The van der Waals surface area contributed by atoms with E-state index in [2.05, 4.69) is 15.3 Å². The monoisotopic (exact) mass is 518 g/mol. The molecule has 2 N–H and O–H groups in total. The molecule has 1 amide bonds. The number of nitrogens with one attached hydrogen (secondary N) is 1. The molecule has 11 heteroatoms. The number of fused-ring (bicyclic) bond motifs is 1. The van der Waals surface area contributed by atoms with Crippen molar-refractivity contribution < 1.29 is 28.5 Å². The zero-order chi connectivity index (χ0) is 25.7. The van der Waals surface area contributed by atoms with Crippen LogP contribution in [0, 0.1) is 5.82 Å². The molecular formula is C25H28ClFN4O5. The Morgan fingerprint density at radius 2 is 2.03 bits per heavy atom. The fourth-order valence-corrected chi connectivity index (χ4v) is 4.14. The number of carbonyl (C=O) groups is 1. The number of halogens is 2. The van der Waals surface area contributed by atoms with Gasteiger partial charge in [0.15, 0.2) is 17.3 Å². The third-order valence-electron chi connectivity index (χ3n) is 5.86. The number of hydrogen-bond donors (Lipinski definition) is 2. The highest BCUT2D eigenvalue weighted by Gasteiger charge is 2.27. The van der Waals surface area contributed by atoms with Gasteiger partial charge in [0.25, 0.3) is 5.91 Å². The van der Waals surface area contributed by atoms with Gasteiger partial charge in [-0.05, 0) is 25.1 Å². The van der Waals surface area contributed by atoms with Crippen LogP contribution in [0.25, 0.3) is 10.9 Å². The minimum absolute atomic E-state index is 0.00108. The minimum atomic E-state index is -1.02. The van der Waals surface area contributed by atoms with E-state index in [-0.39, 0.29) is 22.7 Å². The van der Waals surface area contributed by atoms with Gasteiger partial charge in [0, 0.05) is 44.5 Å². The Bertz CT molecular complexity index is 1220. The number of ether oxygens (including phenoxy) is 3. The number of aliphatic hydroxyl groups excluding tert-OH is 1. The number of hydrogen-bond acceptors (Lipinski definition) is 8. The summed E-state index contributed by atoms with van der Waals surface area (Å²) >= 11 is 5.92. The van der Waals surface area contributed by atoms with Crippen LogP contribution in [0.1, 0.15) is 19.8 Å². The summed E-state index contributed by atoms with van der Waals surface area (Å²) in [5, 5.41) is 13.2. The number of aromatic nitrogens is 2. The first-order valence-corrected chi connectivity index (χ1v) is 12.0. The summed E-state index contributed by atoms with van der Waals surface area (Å²) in [7, 11) is 1.58. The van der Waals surface area contributed by atoms with Crippen molar-refractivity contribution in [1.82, 2.24) is 14.9 Å². The normalized spacial score (nSPS) is 15.1. The van der Waals surface area contributed by atoms with Crippen molar-refractivity contribution in [2.24, 2.45) is 0 Å². The van der Waals surface area contributed by atoms with Gasteiger partial charge in [0.05, 0.1) is 22.8 Å². The molecule has 1 fully saturated rings. The van der Waals surface area contributed by atoms with Crippen LogP contribution >= 0.6 is 11.6 Å². The number of aliphatic hydroxyl groups is 1. The molecule has 0 saturated carbocycles. The van der Waals surface area contributed by atoms with Crippen molar-refractivity contribution >= 4 is 39.9 Å². The maximum atomic E-state index is 14.5. The van der Waals surface area contributed by atoms with E-state index in [1.807, 2.05) is 0 Å². The average molecular weight is 519 g/mol. The second-order valence-electron chi connectivity index (χ2n) is 8.42. The molecule has 4 rings (SSSR count). The van der Waals surface area contributed by atoms with Gasteiger partial charge < -0.3 is 29.5 Å². The Morgan fingerprint density at radius 1 is 1.25 bits per heavy atom. The average Bonchev–Trinajstić information content (AvgIpc) is 2.87. The molecule has 0 aliphatic carbocycles. The number of piperidine rings is 1. The SMILES string of the molecule is COCCOc1cc2c(Nc3cccc(Cl)c3F)ncnc2cc1OC1CCN(C(=O)[C@H](C)O)CC1. The Labute approximate surface area is 213 Å². The second kappa shape index (κ2) is 11.7. The van der Waals surface area contributed by atoms with Gasteiger partial charge in [0.2, 0.25) is 0 Å². The van der Waals surface area contributed by atoms with Crippen molar-refractivity contribution in [3.05, 3.63) is 47.5 Å². The highest BCUT2D eigenvalue weighted by atomic mass is 35.5. The summed E-state index contributed by atoms with van der Waals surface area (Å²) in [5.74, 6) is 0.483. The Balaban J connectivity index is 1.60. The zero-order valence-electron chi connectivity index (χ0n) is 20.0. The number of methoxy groups -OCH3 is 1. The van der Waals surface area contributed by atoms with Gasteiger partial charge in [-0.1, -0.05) is 17.7 Å². The van der Waals surface area contributed by atoms with E-state index in [9.17, 15) is 14.3 Å². The van der Waals surface area contributed by atoms with Crippen LogP contribution in [0.15, 0.2) is 36.7 Å². The summed E-state index contributed by atoms with van der Waals surface area (Å²) in [6.07, 6.45) is 1.43. The van der Waals surface area contributed by atoms with Crippen LogP contribution in [-0.4, -0.2) is 71.5 Å². The molecule has 0 radical (unpaired) electrons. The molecule has 3 aromatic rings. The van der Waals surface area contributed by atoms with E-state index in [0.717, 1.165) is 0 Å². The van der Waals surface area contributed by atoms with Crippen LogP contribution in [0.3, 0.4) is 0 Å². The molecule has 36 heavy (non-hydrogen) atoms. The second-order valence-corrected chi connectivity index (χ2v) is 8.83. The predicted molar refractivity (Wildman–Crippen MR) is 134 cm³/mol. The topological polar surface area (TPSA) is 106 Å². The van der Waals surface area contributed by atoms with Crippen LogP contribution in [0.4, 0.5) is 15.9 Å². The fraction of sp³-hybridized carbons (Fsp3) is 0.400. The zero-order valence-corrected chi connectivity index (χ0v) is 20.8. The summed E-state index contributed by atoms with van der Waals surface area (Å²) in [5.41, 5.74) is 0.758. The molecular weight excluding hydrogens is 491 g/mol. The van der Waals surface area contributed by atoms with E-state index in [1.165, 1.54) is 19.3 Å². The summed E-state index contributed by atoms with van der Waals surface area (Å²) in [4.78, 5) is 22.3. The molecule has 192 valence electrons. The number of anilines is 2. The summed E-state index contributed by atoms with van der Waals surface area (Å²) < 4.78 is 31.8. The van der Waals surface area contributed by atoms with E-state index in [1.54, 1.807) is 36.3 Å². The molecule has 9 nitrogen and oxygen atoms in total. The number of amides is 1. The fourth-order valence-electron chi connectivity index (χ4n) is 3.97. The molecule has 1 atom stereocenters. The lowest BCUT2D eigenvalue weighted by molar-refractivity contribution is -0.141. The number of benzene rings is 2. The molecule has 0 unspecified atom stereocenters. The molecule has 2 aromatic carbocycles. The third-order valence-corrected chi connectivity index (χ3v) is 6.15. The van der Waals surface area contributed by atoms with Crippen molar-refractivity contribution in [1.29, 1.82) is 0 Å². The third kappa shape index (κ3) is 5.95. The molecule has 1 aliphatic rings. The summed E-state index contributed by atoms with van der Waals surface area (Å²) in [6.45, 7) is 3.11. The molecule has 1 saturated heterocycles. The lowest BCUT2D eigenvalue weighted by Gasteiger charge is -2.33. The standard InChI is InChI=1S/C25H28ClFN4O5/c1-15(32)25(33)31-8-6-16(7-9-31)36-22-13-20-17(12-21(22)35-11-10-34-2)24(29-14-28-20)30-19-5-3-4-18(26)23(19)27/h3-5,12-16,32H,6-11H2,1-2H3,(H,28,29,30)/t15-/m0/s1. The number of nitrogens with zero attached hydrogens (tertiary/aromatic N) is 3. The molecule has 1 aliphatic heterocycles. The molecule has 0 bridgehead atoms. The lowest BCUT2D eigenvalue weighted by atomic mass is 10.1. The smallest absolute Gasteiger partial charge is 0.251 e. The Kier molecular flexibility index (Phi) is 8.40. The first-order chi connectivity index (χ1) is 17.4. The van der Waals surface area contributed by atoms with E-state index in [0.29, 0.717) is 67.4 Å². The van der Waals surface area contributed by atoms with Gasteiger partial charge in [-0.2, -0.15) is 0 Å². The highest BCUT2D eigenvalue weighted by molar-refractivity contribution is 6.31. The van der Waals surface area contributed by atoms with Crippen molar-refractivity contribution in [3.63, 3.8) is 0 Å². The largest absolute Gasteiger partial charge is 0.487 e. The quantitative estimate of drug-likeness (QED) is 0.410. The lowest BCUT2D eigenvalue weighted by Crippen LogP contribution is -2.45. The van der Waals surface area contributed by atoms with Crippen molar-refractivity contribution in [2.75, 3.05) is 38.7 Å². The van der Waals surface area contributed by atoms with Crippen molar-refractivity contribution in [2.45, 2.75) is 32.0 Å². The van der Waals surface area contributed by atoms with Crippen LogP contribution < -0.4 is 14.8 Å². The highest BCUT2D eigenvalue weighted by Crippen LogP contribution is 2.37. The van der Waals surface area contributed by atoms with Gasteiger partial charge in [-0.25, -0.2) is 14.4 Å². The van der Waals surface area contributed by atoms with Gasteiger partial charge in [-0.3, -0.25) is 4.79 Å². The van der Waals surface area contributed by atoms with Crippen molar-refractivity contribution in [3.8, 4) is 11.5 Å². The first-order valence-electron chi connectivity index (χ1n) is 11.6. The first kappa shape index (κ1) is 25.9. The van der Waals surface area contributed by atoms with Gasteiger partial charge >= 0.3 is 0 Å². The Morgan fingerprint density at radius 3 is 2.75 bits per heavy atom. The van der Waals surface area contributed by atoms with E-state index >= 15 is 0 Å². The molecule has 0 spiro atoms. The maximum absolute atomic E-state index is 14.5. The maximum Gasteiger partial charge on any atom is 0.251 e. The summed E-state index contributed by atoms with van der Waals surface area (Å²) in [6, 6.07) is 8.18. The minimum Gasteiger partial charge on any atom is -0.487 e. The van der Waals surface area contributed by atoms with Crippen LogP contribution in [0.2, 0.25) is 5.02 Å². The number of carbonyl (C=O) groups excluding carboxylic acids is 1. The van der Waals surface area contributed by atoms with E-state index < -0.39 is 11.9 Å². The molecule has 2 heterocycles.